The van der Waals surface area contributed by atoms with Gasteiger partial charge in [-0.3, -0.25) is 0 Å². The third kappa shape index (κ3) is 5.48. The van der Waals surface area contributed by atoms with Crippen LogP contribution in [0.25, 0.3) is 10.4 Å². The molecule has 1 aromatic heterocycles. The van der Waals surface area contributed by atoms with Crippen LogP contribution in [-0.2, 0) is 4.74 Å². The van der Waals surface area contributed by atoms with E-state index in [1.54, 1.807) is 11.3 Å². The molecule has 1 aromatic carbocycles. The van der Waals surface area contributed by atoms with Crippen LogP contribution in [0.2, 0.25) is 0 Å². The Balaban J connectivity index is 1.76. The van der Waals surface area contributed by atoms with E-state index in [1.807, 2.05) is 35.7 Å². The highest BCUT2D eigenvalue weighted by Gasteiger charge is 2.03. The normalized spacial score (nSPS) is 10.4. The average Bonchev–Trinajstić information content (AvgIpc) is 3.05. The van der Waals surface area contributed by atoms with Crippen LogP contribution in [0.15, 0.2) is 41.8 Å². The summed E-state index contributed by atoms with van der Waals surface area (Å²) in [4.78, 5) is 13.0. The van der Waals surface area contributed by atoms with Gasteiger partial charge in [0.05, 0.1) is 13.2 Å². The minimum Gasteiger partial charge on any atom is -0.394 e. The molecule has 0 radical (unpaired) electrons. The predicted molar refractivity (Wildman–Crippen MR) is 89.3 cm³/mol. The fourth-order valence-corrected chi connectivity index (χ4v) is 2.64. The Morgan fingerprint density at radius 2 is 2.14 bits per heavy atom. The Morgan fingerprint density at radius 3 is 2.91 bits per heavy atom. The van der Waals surface area contributed by atoms with Crippen LogP contribution in [0.5, 0.6) is 0 Å². The first-order valence-electron chi connectivity index (χ1n) is 7.17. The maximum Gasteiger partial charge on any atom is 0.319 e. The highest BCUT2D eigenvalue weighted by molar-refractivity contribution is 7.13. The number of carbonyl (C=O) groups is 1. The van der Waals surface area contributed by atoms with Gasteiger partial charge in [-0.1, -0.05) is 18.2 Å². The number of rotatable bonds is 8. The van der Waals surface area contributed by atoms with Crippen LogP contribution < -0.4 is 10.6 Å². The van der Waals surface area contributed by atoms with E-state index in [0.717, 1.165) is 11.3 Å². The van der Waals surface area contributed by atoms with Crippen molar-refractivity contribution >= 4 is 23.1 Å². The van der Waals surface area contributed by atoms with E-state index in [1.165, 1.54) is 4.88 Å². The molecule has 0 saturated carbocycles. The molecule has 3 N–H and O–H groups in total. The topological polar surface area (TPSA) is 70.6 Å². The minimum absolute atomic E-state index is 0.0223. The second-order valence-electron chi connectivity index (χ2n) is 4.63. The van der Waals surface area contributed by atoms with Crippen molar-refractivity contribution in [2.45, 2.75) is 6.42 Å². The lowest BCUT2D eigenvalue weighted by Crippen LogP contribution is -2.30. The Kier molecular flexibility index (Phi) is 6.89. The molecule has 2 rings (SSSR count). The molecule has 2 aromatic rings. The summed E-state index contributed by atoms with van der Waals surface area (Å²) in [6.07, 6.45) is 0.711. The number of hydrogen-bond donors (Lipinski definition) is 3. The lowest BCUT2D eigenvalue weighted by molar-refractivity contribution is 0.0910. The fourth-order valence-electron chi connectivity index (χ4n) is 1.91. The van der Waals surface area contributed by atoms with Gasteiger partial charge in [0.1, 0.15) is 0 Å². The molecule has 0 aliphatic rings. The summed E-state index contributed by atoms with van der Waals surface area (Å²) in [5.74, 6) is 0. The average molecular weight is 320 g/mol. The first-order chi connectivity index (χ1) is 10.8. The molecule has 0 unspecified atom stereocenters. The molecular formula is C16H20N2O3S. The Bertz CT molecular complexity index is 573. The second kappa shape index (κ2) is 9.19. The van der Waals surface area contributed by atoms with E-state index in [-0.39, 0.29) is 12.6 Å². The lowest BCUT2D eigenvalue weighted by Gasteiger charge is -2.09. The molecule has 0 bridgehead atoms. The van der Waals surface area contributed by atoms with Crippen LogP contribution in [0, 0.1) is 0 Å². The van der Waals surface area contributed by atoms with E-state index in [0.29, 0.717) is 26.2 Å². The molecule has 6 heteroatoms. The Hall–Kier alpha value is -1.89. The van der Waals surface area contributed by atoms with E-state index in [2.05, 4.69) is 16.7 Å². The van der Waals surface area contributed by atoms with Crippen molar-refractivity contribution in [3.63, 3.8) is 0 Å². The monoisotopic (exact) mass is 320 g/mol. The van der Waals surface area contributed by atoms with Crippen molar-refractivity contribution in [1.29, 1.82) is 0 Å². The minimum atomic E-state index is -0.231. The van der Waals surface area contributed by atoms with E-state index >= 15 is 0 Å². The highest BCUT2D eigenvalue weighted by atomic mass is 32.1. The molecule has 0 fully saturated rings. The van der Waals surface area contributed by atoms with Crippen molar-refractivity contribution in [2.24, 2.45) is 0 Å². The number of anilines is 1. The summed E-state index contributed by atoms with van der Waals surface area (Å²) >= 11 is 1.67. The SMILES string of the molecule is O=C(NCCCOCCO)Nc1cccc(-c2cccs2)c1. The highest BCUT2D eigenvalue weighted by Crippen LogP contribution is 2.26. The summed E-state index contributed by atoms with van der Waals surface area (Å²) in [6.45, 7) is 1.41. The summed E-state index contributed by atoms with van der Waals surface area (Å²) in [6, 6.07) is 11.6. The zero-order valence-electron chi connectivity index (χ0n) is 12.2. The number of aliphatic hydroxyl groups is 1. The van der Waals surface area contributed by atoms with Crippen molar-refractivity contribution in [2.75, 3.05) is 31.7 Å². The zero-order chi connectivity index (χ0) is 15.6. The molecule has 2 amide bonds. The largest absolute Gasteiger partial charge is 0.394 e. The molecule has 22 heavy (non-hydrogen) atoms. The first-order valence-corrected chi connectivity index (χ1v) is 8.05. The molecule has 0 saturated heterocycles. The zero-order valence-corrected chi connectivity index (χ0v) is 13.1. The van der Waals surface area contributed by atoms with Gasteiger partial charge in [0, 0.05) is 23.7 Å². The van der Waals surface area contributed by atoms with Gasteiger partial charge in [-0.2, -0.15) is 0 Å². The number of urea groups is 1. The molecule has 1 heterocycles. The Labute approximate surface area is 133 Å². The smallest absolute Gasteiger partial charge is 0.319 e. The standard InChI is InChI=1S/C16H20N2O3S/c19-8-10-21-9-3-7-17-16(20)18-14-5-1-4-13(12-14)15-6-2-11-22-15/h1-2,4-6,11-12,19H,3,7-10H2,(H2,17,18,20). The van der Waals surface area contributed by atoms with Gasteiger partial charge in [0.25, 0.3) is 0 Å². The predicted octanol–water partition coefficient (Wildman–Crippen LogP) is 2.94. The van der Waals surface area contributed by atoms with Crippen molar-refractivity contribution < 1.29 is 14.6 Å². The van der Waals surface area contributed by atoms with Gasteiger partial charge >= 0.3 is 6.03 Å². The molecule has 0 spiro atoms. The van der Waals surface area contributed by atoms with E-state index < -0.39 is 0 Å². The lowest BCUT2D eigenvalue weighted by atomic mass is 10.1. The maximum absolute atomic E-state index is 11.8. The van der Waals surface area contributed by atoms with Gasteiger partial charge in [-0.15, -0.1) is 11.3 Å². The van der Waals surface area contributed by atoms with E-state index in [9.17, 15) is 4.79 Å². The molecular weight excluding hydrogens is 300 g/mol. The van der Waals surface area contributed by atoms with Crippen LogP contribution in [0.1, 0.15) is 6.42 Å². The van der Waals surface area contributed by atoms with Crippen LogP contribution >= 0.6 is 11.3 Å². The summed E-state index contributed by atoms with van der Waals surface area (Å²) in [5.41, 5.74) is 1.85. The van der Waals surface area contributed by atoms with Gasteiger partial charge in [0.2, 0.25) is 0 Å². The molecule has 0 atom stereocenters. The van der Waals surface area contributed by atoms with Crippen molar-refractivity contribution in [3.05, 3.63) is 41.8 Å². The molecule has 118 valence electrons. The third-order valence-corrected chi connectivity index (χ3v) is 3.83. The maximum atomic E-state index is 11.8. The van der Waals surface area contributed by atoms with Gasteiger partial charge in [-0.25, -0.2) is 4.79 Å². The number of hydrogen-bond acceptors (Lipinski definition) is 4. The van der Waals surface area contributed by atoms with Crippen LogP contribution in [0.4, 0.5) is 10.5 Å². The van der Waals surface area contributed by atoms with Crippen molar-refractivity contribution in [1.82, 2.24) is 5.32 Å². The quantitative estimate of drug-likeness (QED) is 0.655. The molecule has 0 aliphatic carbocycles. The summed E-state index contributed by atoms with van der Waals surface area (Å²) in [5, 5.41) is 16.2. The van der Waals surface area contributed by atoms with E-state index in [4.69, 9.17) is 9.84 Å². The van der Waals surface area contributed by atoms with Gasteiger partial charge < -0.3 is 20.5 Å². The molecule has 5 nitrogen and oxygen atoms in total. The molecule has 0 aliphatic heterocycles. The number of ether oxygens (including phenoxy) is 1. The van der Waals surface area contributed by atoms with Gasteiger partial charge in [0.15, 0.2) is 0 Å². The number of aliphatic hydroxyl groups excluding tert-OH is 1. The van der Waals surface area contributed by atoms with Gasteiger partial charge in [-0.05, 0) is 35.6 Å². The number of amides is 2. The van der Waals surface area contributed by atoms with Crippen LogP contribution in [-0.4, -0.2) is 37.5 Å². The number of thiophene rings is 1. The number of nitrogens with one attached hydrogen (secondary N) is 2. The number of carbonyl (C=O) groups excluding carboxylic acids is 1. The summed E-state index contributed by atoms with van der Waals surface area (Å²) in [7, 11) is 0. The second-order valence-corrected chi connectivity index (χ2v) is 5.58. The summed E-state index contributed by atoms with van der Waals surface area (Å²) < 4.78 is 5.12. The third-order valence-electron chi connectivity index (χ3n) is 2.91. The Morgan fingerprint density at radius 1 is 1.23 bits per heavy atom. The van der Waals surface area contributed by atoms with Crippen molar-refractivity contribution in [3.8, 4) is 10.4 Å². The number of benzene rings is 1. The van der Waals surface area contributed by atoms with Crippen LogP contribution in [0.3, 0.4) is 0 Å². The fraction of sp³-hybridized carbons (Fsp3) is 0.312. The first kappa shape index (κ1) is 16.5.